The minimum Gasteiger partial charge on any atom is -0.468 e. The molecule has 3 nitrogen and oxygen atoms in total. The van der Waals surface area contributed by atoms with Crippen LogP contribution in [0.1, 0.15) is 39.0 Å². The molecule has 0 aromatic heterocycles. The Morgan fingerprint density at radius 1 is 1.50 bits per heavy atom. The van der Waals surface area contributed by atoms with E-state index in [1.54, 1.807) is 11.8 Å². The molecule has 0 radical (unpaired) electrons. The van der Waals surface area contributed by atoms with E-state index in [0.29, 0.717) is 11.7 Å². The third-order valence-electron chi connectivity index (χ3n) is 3.10. The molecule has 1 saturated carbocycles. The van der Waals surface area contributed by atoms with Crippen LogP contribution < -0.4 is 5.73 Å². The molecule has 0 heterocycles. The Kier molecular flexibility index (Phi) is 5.62. The topological polar surface area (TPSA) is 52.3 Å². The molecule has 0 saturated heterocycles. The normalized spacial score (nSPS) is 19.2. The summed E-state index contributed by atoms with van der Waals surface area (Å²) in [7, 11) is 1.42. The first-order chi connectivity index (χ1) is 7.65. The first-order valence-corrected chi connectivity index (χ1v) is 7.25. The Morgan fingerprint density at radius 3 is 2.69 bits per heavy atom. The first kappa shape index (κ1) is 13.8. The maximum Gasteiger partial charge on any atom is 0.326 e. The molecule has 1 atom stereocenters. The standard InChI is InChI=1S/C12H23NO2S/c1-3-4-5-8-16-9-12(13,10-6-7-10)11(14)15-2/h10H,3-9,13H2,1-2H3. The van der Waals surface area contributed by atoms with Gasteiger partial charge in [-0.05, 0) is 30.9 Å². The summed E-state index contributed by atoms with van der Waals surface area (Å²) >= 11 is 1.79. The molecule has 94 valence electrons. The average molecular weight is 245 g/mol. The summed E-state index contributed by atoms with van der Waals surface area (Å²) < 4.78 is 4.82. The zero-order chi connectivity index (χ0) is 12.0. The van der Waals surface area contributed by atoms with Gasteiger partial charge in [-0.1, -0.05) is 19.8 Å². The van der Waals surface area contributed by atoms with E-state index in [4.69, 9.17) is 10.5 Å². The van der Waals surface area contributed by atoms with Gasteiger partial charge in [0.25, 0.3) is 0 Å². The van der Waals surface area contributed by atoms with E-state index in [1.165, 1.54) is 26.4 Å². The average Bonchev–Trinajstić information content (AvgIpc) is 3.11. The Morgan fingerprint density at radius 2 is 2.19 bits per heavy atom. The fourth-order valence-corrected chi connectivity index (χ4v) is 3.07. The van der Waals surface area contributed by atoms with Gasteiger partial charge in [0.15, 0.2) is 0 Å². The minimum atomic E-state index is -0.731. The Balaban J connectivity index is 2.31. The quantitative estimate of drug-likeness (QED) is 0.526. The number of thioether (sulfide) groups is 1. The highest BCUT2D eigenvalue weighted by molar-refractivity contribution is 7.99. The van der Waals surface area contributed by atoms with Crippen molar-refractivity contribution in [2.75, 3.05) is 18.6 Å². The van der Waals surface area contributed by atoms with Crippen LogP contribution in [0.15, 0.2) is 0 Å². The van der Waals surface area contributed by atoms with Gasteiger partial charge in [0.2, 0.25) is 0 Å². The van der Waals surface area contributed by atoms with Gasteiger partial charge in [-0.2, -0.15) is 11.8 Å². The van der Waals surface area contributed by atoms with Crippen LogP contribution in [0.25, 0.3) is 0 Å². The van der Waals surface area contributed by atoms with Gasteiger partial charge in [0.05, 0.1) is 7.11 Å². The van der Waals surface area contributed by atoms with Gasteiger partial charge in [-0.25, -0.2) is 0 Å². The van der Waals surface area contributed by atoms with E-state index < -0.39 is 5.54 Å². The predicted molar refractivity (Wildman–Crippen MR) is 68.5 cm³/mol. The van der Waals surface area contributed by atoms with E-state index in [-0.39, 0.29) is 5.97 Å². The van der Waals surface area contributed by atoms with Gasteiger partial charge in [-0.3, -0.25) is 4.79 Å². The van der Waals surface area contributed by atoms with E-state index in [9.17, 15) is 4.79 Å². The molecule has 1 aliphatic carbocycles. The monoisotopic (exact) mass is 245 g/mol. The summed E-state index contributed by atoms with van der Waals surface area (Å²) in [5.41, 5.74) is 5.45. The molecule has 0 aromatic carbocycles. The summed E-state index contributed by atoms with van der Waals surface area (Å²) in [6.45, 7) is 2.19. The van der Waals surface area contributed by atoms with Crippen molar-refractivity contribution < 1.29 is 9.53 Å². The van der Waals surface area contributed by atoms with Crippen LogP contribution in [0, 0.1) is 5.92 Å². The molecule has 0 amide bonds. The molecule has 2 N–H and O–H groups in total. The number of rotatable bonds is 8. The molecule has 0 spiro atoms. The number of carbonyl (C=O) groups is 1. The summed E-state index contributed by atoms with van der Waals surface area (Å²) in [4.78, 5) is 11.7. The number of carbonyl (C=O) groups excluding carboxylic acids is 1. The van der Waals surface area contributed by atoms with Gasteiger partial charge >= 0.3 is 5.97 Å². The van der Waals surface area contributed by atoms with Crippen molar-refractivity contribution >= 4 is 17.7 Å². The van der Waals surface area contributed by atoms with Crippen LogP contribution in [-0.2, 0) is 9.53 Å². The molecule has 1 rings (SSSR count). The molecule has 1 unspecified atom stereocenters. The van der Waals surface area contributed by atoms with Gasteiger partial charge in [-0.15, -0.1) is 0 Å². The van der Waals surface area contributed by atoms with Crippen molar-refractivity contribution in [1.82, 2.24) is 0 Å². The van der Waals surface area contributed by atoms with E-state index in [1.807, 2.05) is 0 Å². The SMILES string of the molecule is CCCCCSCC(N)(C(=O)OC)C1CC1. The lowest BCUT2D eigenvalue weighted by molar-refractivity contribution is -0.146. The summed E-state index contributed by atoms with van der Waals surface area (Å²) in [6, 6.07) is 0. The maximum absolute atomic E-state index is 11.7. The Labute approximate surface area is 102 Å². The number of unbranched alkanes of at least 4 members (excludes halogenated alkanes) is 2. The number of hydrogen-bond donors (Lipinski definition) is 1. The second-order valence-corrected chi connectivity index (χ2v) is 5.67. The largest absolute Gasteiger partial charge is 0.468 e. The van der Waals surface area contributed by atoms with Crippen LogP contribution in [0.4, 0.5) is 0 Å². The van der Waals surface area contributed by atoms with Crippen molar-refractivity contribution in [2.45, 2.75) is 44.6 Å². The molecule has 1 fully saturated rings. The third-order valence-corrected chi connectivity index (χ3v) is 4.36. The fourth-order valence-electron chi connectivity index (χ4n) is 1.83. The van der Waals surface area contributed by atoms with Crippen molar-refractivity contribution in [3.05, 3.63) is 0 Å². The van der Waals surface area contributed by atoms with Gasteiger partial charge in [0.1, 0.15) is 5.54 Å². The predicted octanol–water partition coefficient (Wildman–Crippen LogP) is 2.19. The lowest BCUT2D eigenvalue weighted by Gasteiger charge is -2.25. The van der Waals surface area contributed by atoms with Crippen LogP contribution in [0.5, 0.6) is 0 Å². The van der Waals surface area contributed by atoms with Crippen molar-refractivity contribution in [1.29, 1.82) is 0 Å². The molecule has 0 bridgehead atoms. The van der Waals surface area contributed by atoms with E-state index >= 15 is 0 Å². The zero-order valence-electron chi connectivity index (χ0n) is 10.3. The smallest absolute Gasteiger partial charge is 0.326 e. The second-order valence-electron chi connectivity index (χ2n) is 4.57. The van der Waals surface area contributed by atoms with E-state index in [2.05, 4.69) is 6.92 Å². The Bertz CT molecular complexity index is 231. The third kappa shape index (κ3) is 3.67. The molecule has 1 aliphatic rings. The zero-order valence-corrected chi connectivity index (χ0v) is 11.1. The number of methoxy groups -OCH3 is 1. The van der Waals surface area contributed by atoms with Crippen molar-refractivity contribution in [3.63, 3.8) is 0 Å². The van der Waals surface area contributed by atoms with Crippen LogP contribution in [0.3, 0.4) is 0 Å². The minimum absolute atomic E-state index is 0.238. The fraction of sp³-hybridized carbons (Fsp3) is 0.917. The first-order valence-electron chi connectivity index (χ1n) is 6.10. The van der Waals surface area contributed by atoms with Crippen molar-refractivity contribution in [3.8, 4) is 0 Å². The highest BCUT2D eigenvalue weighted by Gasteiger charge is 2.48. The Hall–Kier alpha value is -0.220. The summed E-state index contributed by atoms with van der Waals surface area (Å²) in [6.07, 6.45) is 5.84. The van der Waals surface area contributed by atoms with Gasteiger partial charge < -0.3 is 10.5 Å². The highest BCUT2D eigenvalue weighted by Crippen LogP contribution is 2.40. The number of esters is 1. The number of nitrogens with two attached hydrogens (primary N) is 1. The molecule has 0 aliphatic heterocycles. The van der Waals surface area contributed by atoms with Crippen LogP contribution in [-0.4, -0.2) is 30.1 Å². The lowest BCUT2D eigenvalue weighted by atomic mass is 9.97. The van der Waals surface area contributed by atoms with E-state index in [0.717, 1.165) is 18.6 Å². The number of hydrogen-bond acceptors (Lipinski definition) is 4. The molecule has 16 heavy (non-hydrogen) atoms. The maximum atomic E-state index is 11.7. The van der Waals surface area contributed by atoms with Crippen LogP contribution in [0.2, 0.25) is 0 Å². The summed E-state index contributed by atoms with van der Waals surface area (Å²) in [5, 5.41) is 0. The van der Waals surface area contributed by atoms with Crippen LogP contribution >= 0.6 is 11.8 Å². The van der Waals surface area contributed by atoms with Gasteiger partial charge in [0, 0.05) is 5.75 Å². The van der Waals surface area contributed by atoms with Crippen molar-refractivity contribution in [2.24, 2.45) is 11.7 Å². The lowest BCUT2D eigenvalue weighted by Crippen LogP contribution is -2.53. The highest BCUT2D eigenvalue weighted by atomic mass is 32.2. The molecule has 4 heteroatoms. The summed E-state index contributed by atoms with van der Waals surface area (Å²) in [5.74, 6) is 1.90. The molecular formula is C12H23NO2S. The second kappa shape index (κ2) is 6.50. The molecule has 0 aromatic rings. The molecular weight excluding hydrogens is 222 g/mol. The number of ether oxygens (including phenoxy) is 1.